The fraction of sp³-hybridized carbons (Fsp3) is 0.0952. The molecule has 124 valence electrons. The summed E-state index contributed by atoms with van der Waals surface area (Å²) in [6.07, 6.45) is 3.04. The van der Waals surface area contributed by atoms with Crippen molar-refractivity contribution in [2.75, 3.05) is 0 Å². The third kappa shape index (κ3) is 2.98. The van der Waals surface area contributed by atoms with E-state index in [9.17, 15) is 9.60 Å². The van der Waals surface area contributed by atoms with E-state index in [2.05, 4.69) is 35.8 Å². The second-order valence-corrected chi connectivity index (χ2v) is 6.26. The number of halogens is 1. The average Bonchev–Trinajstić information content (AvgIpc) is 2.94. The Hall–Kier alpha value is -3.14. The van der Waals surface area contributed by atoms with Gasteiger partial charge in [-0.05, 0) is 48.9 Å². The van der Waals surface area contributed by atoms with Gasteiger partial charge in [-0.25, -0.2) is 4.39 Å². The van der Waals surface area contributed by atoms with Crippen molar-refractivity contribution in [3.63, 3.8) is 0 Å². The summed E-state index contributed by atoms with van der Waals surface area (Å²) in [6.45, 7) is 2.67. The van der Waals surface area contributed by atoms with Crippen molar-refractivity contribution in [3.8, 4) is 11.3 Å². The zero-order valence-electron chi connectivity index (χ0n) is 13.8. The quantitative estimate of drug-likeness (QED) is 0.403. The van der Waals surface area contributed by atoms with Crippen LogP contribution in [0.25, 0.3) is 22.2 Å². The van der Waals surface area contributed by atoms with E-state index in [4.69, 9.17) is 0 Å². The first-order valence-electron chi connectivity index (χ1n) is 8.14. The summed E-state index contributed by atoms with van der Waals surface area (Å²) in [5, 5.41) is 12.8. The van der Waals surface area contributed by atoms with Gasteiger partial charge >= 0.3 is 0 Å². The molecule has 2 heterocycles. The van der Waals surface area contributed by atoms with Gasteiger partial charge < -0.3 is 9.77 Å². The van der Waals surface area contributed by atoms with Crippen LogP contribution in [0.1, 0.15) is 11.1 Å². The van der Waals surface area contributed by atoms with Crippen LogP contribution >= 0.6 is 0 Å². The Bertz CT molecular complexity index is 1050. The molecule has 4 heteroatoms. The Morgan fingerprint density at radius 3 is 2.60 bits per heavy atom. The second kappa shape index (κ2) is 6.06. The highest BCUT2D eigenvalue weighted by Crippen LogP contribution is 2.29. The molecule has 0 aliphatic carbocycles. The molecule has 0 unspecified atom stereocenters. The first-order valence-corrected chi connectivity index (χ1v) is 8.14. The van der Waals surface area contributed by atoms with Gasteiger partial charge in [0.05, 0.1) is 11.3 Å². The molecule has 0 amide bonds. The van der Waals surface area contributed by atoms with Crippen molar-refractivity contribution in [2.24, 2.45) is 0 Å². The van der Waals surface area contributed by atoms with Crippen LogP contribution in [0.3, 0.4) is 0 Å². The molecule has 4 rings (SSSR count). The summed E-state index contributed by atoms with van der Waals surface area (Å²) in [7, 11) is 0. The van der Waals surface area contributed by atoms with E-state index in [1.807, 2.05) is 6.07 Å². The summed E-state index contributed by atoms with van der Waals surface area (Å²) in [5.41, 5.74) is 5.10. The molecule has 0 saturated carbocycles. The third-order valence-corrected chi connectivity index (χ3v) is 4.38. The number of fused-ring (bicyclic) bond motifs is 1. The van der Waals surface area contributed by atoms with E-state index in [0.29, 0.717) is 6.54 Å². The van der Waals surface area contributed by atoms with Gasteiger partial charge in [0.2, 0.25) is 0 Å². The lowest BCUT2D eigenvalue weighted by atomic mass is 10.1. The number of hydrogen-bond acceptors (Lipinski definition) is 1. The molecule has 3 nitrogen and oxygen atoms in total. The van der Waals surface area contributed by atoms with Gasteiger partial charge in [0.15, 0.2) is 12.4 Å². The summed E-state index contributed by atoms with van der Waals surface area (Å²) < 4.78 is 16.2. The van der Waals surface area contributed by atoms with E-state index in [0.717, 1.165) is 32.5 Å². The minimum atomic E-state index is -0.243. The Labute approximate surface area is 145 Å². The molecule has 0 aliphatic rings. The summed E-state index contributed by atoms with van der Waals surface area (Å²) in [5.74, 6) is -0.243. The van der Waals surface area contributed by atoms with Crippen LogP contribution < -0.4 is 4.73 Å². The maximum atomic E-state index is 13.2. The van der Waals surface area contributed by atoms with E-state index in [1.54, 1.807) is 24.4 Å². The Morgan fingerprint density at radius 2 is 1.84 bits per heavy atom. The van der Waals surface area contributed by atoms with E-state index in [1.165, 1.54) is 23.9 Å². The van der Waals surface area contributed by atoms with Gasteiger partial charge in [0.25, 0.3) is 0 Å². The van der Waals surface area contributed by atoms with E-state index < -0.39 is 0 Å². The predicted octanol–water partition coefficient (Wildman–Crippen LogP) is 4.44. The largest absolute Gasteiger partial charge is 0.619 e. The Kier molecular flexibility index (Phi) is 3.73. The molecule has 0 N–H and O–H groups in total. The Balaban J connectivity index is 1.90. The molecule has 0 aliphatic heterocycles. The maximum absolute atomic E-state index is 13.2. The van der Waals surface area contributed by atoms with Crippen LogP contribution in [0.4, 0.5) is 4.39 Å². The molecule has 4 aromatic rings. The minimum absolute atomic E-state index is 0.243. The van der Waals surface area contributed by atoms with Crippen molar-refractivity contribution in [2.45, 2.75) is 13.5 Å². The van der Waals surface area contributed by atoms with Gasteiger partial charge in [0, 0.05) is 23.5 Å². The van der Waals surface area contributed by atoms with Gasteiger partial charge in [-0.3, -0.25) is 0 Å². The van der Waals surface area contributed by atoms with Crippen LogP contribution in [0.5, 0.6) is 0 Å². The molecule has 0 spiro atoms. The van der Waals surface area contributed by atoms with Gasteiger partial charge in [-0.2, -0.15) is 4.73 Å². The lowest BCUT2D eigenvalue weighted by molar-refractivity contribution is -0.604. The molecule has 2 aromatic heterocycles. The number of pyridine rings is 1. The molecule has 0 saturated heterocycles. The fourth-order valence-electron chi connectivity index (χ4n) is 3.18. The van der Waals surface area contributed by atoms with Crippen LogP contribution in [-0.2, 0) is 6.54 Å². The molecular weight excluding hydrogens is 315 g/mol. The van der Waals surface area contributed by atoms with E-state index >= 15 is 0 Å². The first-order chi connectivity index (χ1) is 12.1. The fourth-order valence-corrected chi connectivity index (χ4v) is 3.18. The Morgan fingerprint density at radius 1 is 1.04 bits per heavy atom. The monoisotopic (exact) mass is 332 g/mol. The lowest BCUT2D eigenvalue weighted by Gasteiger charge is -2.11. The summed E-state index contributed by atoms with van der Waals surface area (Å²) in [6, 6.07) is 18.6. The average molecular weight is 332 g/mol. The normalized spacial score (nSPS) is 11.1. The summed E-state index contributed by atoms with van der Waals surface area (Å²) in [4.78, 5) is 0. The third-order valence-electron chi connectivity index (χ3n) is 4.38. The zero-order valence-corrected chi connectivity index (χ0v) is 13.8. The van der Waals surface area contributed by atoms with E-state index in [-0.39, 0.29) is 5.82 Å². The molecule has 0 fully saturated rings. The van der Waals surface area contributed by atoms with Crippen LogP contribution in [0.15, 0.2) is 73.1 Å². The number of aromatic nitrogens is 2. The van der Waals surface area contributed by atoms with Crippen molar-refractivity contribution >= 4 is 10.9 Å². The lowest BCUT2D eigenvalue weighted by Crippen LogP contribution is -2.24. The minimum Gasteiger partial charge on any atom is -0.619 e. The van der Waals surface area contributed by atoms with Crippen LogP contribution in [0.2, 0.25) is 0 Å². The molecule has 0 radical (unpaired) electrons. The standard InChI is InChI=1S/C21H17FN2O/c1-15-4-9-20-18(11-15)12-21(17-3-2-10-23(25)14-17)24(20)13-16-5-7-19(22)8-6-16/h2-12,14H,13H2,1H3. The van der Waals surface area contributed by atoms with Crippen molar-refractivity contribution < 1.29 is 9.12 Å². The molecule has 0 bridgehead atoms. The van der Waals surface area contributed by atoms with Crippen molar-refractivity contribution in [3.05, 3.63) is 95.2 Å². The van der Waals surface area contributed by atoms with Gasteiger partial charge in [-0.15, -0.1) is 0 Å². The van der Waals surface area contributed by atoms with Gasteiger partial charge in [0.1, 0.15) is 5.82 Å². The zero-order chi connectivity index (χ0) is 17.4. The summed E-state index contributed by atoms with van der Waals surface area (Å²) >= 11 is 0. The SMILES string of the molecule is Cc1ccc2c(c1)cc(-c1ccc[n+]([O-])c1)n2Cc1ccc(F)cc1. The number of nitrogens with zero attached hydrogens (tertiary/aromatic N) is 2. The van der Waals surface area contributed by atoms with Crippen molar-refractivity contribution in [1.29, 1.82) is 0 Å². The highest BCUT2D eigenvalue weighted by atomic mass is 19.1. The number of benzene rings is 2. The molecule has 2 aromatic carbocycles. The molecule has 25 heavy (non-hydrogen) atoms. The number of rotatable bonds is 3. The second-order valence-electron chi connectivity index (χ2n) is 6.26. The molecular formula is C21H17FN2O. The highest BCUT2D eigenvalue weighted by Gasteiger charge is 2.13. The topological polar surface area (TPSA) is 31.9 Å². The van der Waals surface area contributed by atoms with Crippen molar-refractivity contribution in [1.82, 2.24) is 4.57 Å². The molecule has 0 atom stereocenters. The van der Waals surface area contributed by atoms with Crippen LogP contribution in [-0.4, -0.2) is 4.57 Å². The number of hydrogen-bond donors (Lipinski definition) is 0. The number of aryl methyl sites for hydroxylation is 1. The highest BCUT2D eigenvalue weighted by molar-refractivity contribution is 5.87. The predicted molar refractivity (Wildman–Crippen MR) is 96.6 cm³/mol. The maximum Gasteiger partial charge on any atom is 0.189 e. The smallest absolute Gasteiger partial charge is 0.189 e. The van der Waals surface area contributed by atoms with Crippen LogP contribution in [0, 0.1) is 17.9 Å². The van der Waals surface area contributed by atoms with Gasteiger partial charge in [-0.1, -0.05) is 23.8 Å². The first kappa shape index (κ1) is 15.4.